The number of rotatable bonds is 6. The Kier molecular flexibility index (Phi) is 7.40. The fraction of sp³-hybridized carbons (Fsp3) is 0.364. The lowest BCUT2D eigenvalue weighted by molar-refractivity contribution is -0.126. The number of ether oxygens (including phenoxy) is 1. The number of piperidine rings is 1. The van der Waals surface area contributed by atoms with E-state index in [1.807, 2.05) is 24.3 Å². The number of carbonyl (C=O) groups excluding carboxylic acids is 2. The number of methoxy groups -OCH3 is 1. The van der Waals surface area contributed by atoms with Crippen LogP contribution in [0.5, 0.6) is 5.75 Å². The molecule has 1 unspecified atom stereocenters. The van der Waals surface area contributed by atoms with Crippen molar-refractivity contribution in [2.45, 2.75) is 19.3 Å². The Bertz CT molecular complexity index is 871. The minimum atomic E-state index is -0.202. The van der Waals surface area contributed by atoms with E-state index in [0.717, 1.165) is 30.6 Å². The predicted octanol–water partition coefficient (Wildman–Crippen LogP) is 4.21. The summed E-state index contributed by atoms with van der Waals surface area (Å²) in [5.41, 5.74) is 1.62. The lowest BCUT2D eigenvalue weighted by atomic mass is 9.96. The molecule has 7 heteroatoms. The summed E-state index contributed by atoms with van der Waals surface area (Å²) in [6.07, 6.45) is 2.32. The van der Waals surface area contributed by atoms with Crippen molar-refractivity contribution in [2.24, 2.45) is 5.92 Å². The highest BCUT2D eigenvalue weighted by atomic mass is 35.5. The third-order valence-electron chi connectivity index (χ3n) is 5.12. The molecule has 0 spiro atoms. The van der Waals surface area contributed by atoms with Crippen molar-refractivity contribution < 1.29 is 14.3 Å². The summed E-state index contributed by atoms with van der Waals surface area (Å²) >= 11 is 12.0. The highest BCUT2D eigenvalue weighted by molar-refractivity contribution is 6.42. The summed E-state index contributed by atoms with van der Waals surface area (Å²) < 4.78 is 5.15. The molecule has 154 valence electrons. The van der Waals surface area contributed by atoms with Gasteiger partial charge < -0.3 is 15.0 Å². The molecule has 1 atom stereocenters. The van der Waals surface area contributed by atoms with Gasteiger partial charge in [0, 0.05) is 25.2 Å². The quantitative estimate of drug-likeness (QED) is 0.740. The van der Waals surface area contributed by atoms with E-state index >= 15 is 0 Å². The van der Waals surface area contributed by atoms with E-state index in [2.05, 4.69) is 5.32 Å². The van der Waals surface area contributed by atoms with Crippen LogP contribution in [0.2, 0.25) is 10.0 Å². The lowest BCUT2D eigenvalue weighted by Gasteiger charge is -2.32. The van der Waals surface area contributed by atoms with E-state index < -0.39 is 0 Å². The van der Waals surface area contributed by atoms with E-state index in [1.165, 1.54) is 0 Å². The standard InChI is InChI=1S/C22H24Cl2N2O3/c1-29-18-7-4-15(5-8-18)10-11-25-21(27)17-3-2-12-26(14-17)22(28)16-6-9-19(23)20(24)13-16/h4-9,13,17H,2-3,10-12,14H2,1H3,(H,25,27). The summed E-state index contributed by atoms with van der Waals surface area (Å²) in [5.74, 6) is 0.475. The monoisotopic (exact) mass is 434 g/mol. The minimum Gasteiger partial charge on any atom is -0.497 e. The number of nitrogens with zero attached hydrogens (tertiary/aromatic N) is 1. The molecule has 0 aromatic heterocycles. The highest BCUT2D eigenvalue weighted by Crippen LogP contribution is 2.25. The Labute approximate surface area is 180 Å². The Hall–Kier alpha value is -2.24. The first kappa shape index (κ1) is 21.5. The summed E-state index contributed by atoms with van der Waals surface area (Å²) in [6, 6.07) is 12.6. The van der Waals surface area contributed by atoms with E-state index in [0.29, 0.717) is 35.2 Å². The summed E-state index contributed by atoms with van der Waals surface area (Å²) in [6.45, 7) is 1.60. The van der Waals surface area contributed by atoms with Crippen LogP contribution in [0.25, 0.3) is 0 Å². The Morgan fingerprint density at radius 1 is 1.14 bits per heavy atom. The zero-order valence-corrected chi connectivity index (χ0v) is 17.8. The average molecular weight is 435 g/mol. The molecular weight excluding hydrogens is 411 g/mol. The molecule has 0 saturated carbocycles. The van der Waals surface area contributed by atoms with E-state index in [1.54, 1.807) is 30.2 Å². The number of carbonyl (C=O) groups is 2. The number of hydrogen-bond acceptors (Lipinski definition) is 3. The van der Waals surface area contributed by atoms with Gasteiger partial charge in [-0.3, -0.25) is 9.59 Å². The van der Waals surface area contributed by atoms with Gasteiger partial charge in [0.15, 0.2) is 0 Å². The molecule has 1 aliphatic heterocycles. The normalized spacial score (nSPS) is 16.4. The summed E-state index contributed by atoms with van der Waals surface area (Å²) in [7, 11) is 1.63. The molecule has 0 aliphatic carbocycles. The van der Waals surface area contributed by atoms with Crippen LogP contribution in [0.15, 0.2) is 42.5 Å². The Morgan fingerprint density at radius 3 is 2.59 bits per heavy atom. The number of benzene rings is 2. The van der Waals surface area contributed by atoms with Gasteiger partial charge in [-0.1, -0.05) is 35.3 Å². The van der Waals surface area contributed by atoms with Crippen molar-refractivity contribution in [1.82, 2.24) is 10.2 Å². The molecular formula is C22H24Cl2N2O3. The van der Waals surface area contributed by atoms with Crippen molar-refractivity contribution in [2.75, 3.05) is 26.7 Å². The topological polar surface area (TPSA) is 58.6 Å². The smallest absolute Gasteiger partial charge is 0.253 e. The minimum absolute atomic E-state index is 0.00912. The molecule has 29 heavy (non-hydrogen) atoms. The van der Waals surface area contributed by atoms with E-state index in [4.69, 9.17) is 27.9 Å². The van der Waals surface area contributed by atoms with Crippen LogP contribution in [0.4, 0.5) is 0 Å². The molecule has 2 amide bonds. The maximum absolute atomic E-state index is 12.8. The van der Waals surface area contributed by atoms with Crippen LogP contribution >= 0.6 is 23.2 Å². The van der Waals surface area contributed by atoms with Crippen LogP contribution in [0.3, 0.4) is 0 Å². The van der Waals surface area contributed by atoms with Gasteiger partial charge in [-0.15, -0.1) is 0 Å². The second-order valence-corrected chi connectivity index (χ2v) is 7.92. The Balaban J connectivity index is 1.51. The van der Waals surface area contributed by atoms with Crippen LogP contribution in [-0.2, 0) is 11.2 Å². The zero-order valence-electron chi connectivity index (χ0n) is 16.3. The van der Waals surface area contributed by atoms with Gasteiger partial charge in [-0.05, 0) is 55.2 Å². The van der Waals surface area contributed by atoms with Gasteiger partial charge in [0.25, 0.3) is 5.91 Å². The van der Waals surface area contributed by atoms with Gasteiger partial charge in [0.1, 0.15) is 5.75 Å². The van der Waals surface area contributed by atoms with Crippen molar-refractivity contribution in [3.63, 3.8) is 0 Å². The number of hydrogen-bond donors (Lipinski definition) is 1. The number of likely N-dealkylation sites (tertiary alicyclic amines) is 1. The van der Waals surface area contributed by atoms with E-state index in [-0.39, 0.29) is 17.7 Å². The highest BCUT2D eigenvalue weighted by Gasteiger charge is 2.29. The van der Waals surface area contributed by atoms with Crippen LogP contribution in [0, 0.1) is 5.92 Å². The number of nitrogens with one attached hydrogen (secondary N) is 1. The van der Waals surface area contributed by atoms with Crippen molar-refractivity contribution in [3.8, 4) is 5.75 Å². The van der Waals surface area contributed by atoms with Gasteiger partial charge >= 0.3 is 0 Å². The molecule has 1 N–H and O–H groups in total. The first-order valence-corrected chi connectivity index (χ1v) is 10.4. The van der Waals surface area contributed by atoms with Crippen molar-refractivity contribution in [3.05, 3.63) is 63.6 Å². The summed E-state index contributed by atoms with van der Waals surface area (Å²) in [4.78, 5) is 27.1. The van der Waals surface area contributed by atoms with Gasteiger partial charge in [-0.2, -0.15) is 0 Å². The predicted molar refractivity (Wildman–Crippen MR) is 115 cm³/mol. The van der Waals surface area contributed by atoms with Crippen LogP contribution in [-0.4, -0.2) is 43.5 Å². The maximum atomic E-state index is 12.8. The SMILES string of the molecule is COc1ccc(CCNC(=O)C2CCCN(C(=O)c3ccc(Cl)c(Cl)c3)C2)cc1. The van der Waals surface area contributed by atoms with Gasteiger partial charge in [0.05, 0.1) is 23.1 Å². The zero-order chi connectivity index (χ0) is 20.8. The first-order chi connectivity index (χ1) is 14.0. The molecule has 1 saturated heterocycles. The molecule has 2 aromatic carbocycles. The molecule has 0 radical (unpaired) electrons. The fourth-order valence-electron chi connectivity index (χ4n) is 3.45. The second-order valence-electron chi connectivity index (χ2n) is 7.11. The first-order valence-electron chi connectivity index (χ1n) is 9.63. The van der Waals surface area contributed by atoms with Crippen LogP contribution < -0.4 is 10.1 Å². The molecule has 0 bridgehead atoms. The molecule has 1 aliphatic rings. The third-order valence-corrected chi connectivity index (χ3v) is 5.86. The lowest BCUT2D eigenvalue weighted by Crippen LogP contribution is -2.45. The third kappa shape index (κ3) is 5.64. The number of halogens is 2. The average Bonchev–Trinajstić information content (AvgIpc) is 2.75. The van der Waals surface area contributed by atoms with Crippen LogP contribution in [0.1, 0.15) is 28.8 Å². The fourth-order valence-corrected chi connectivity index (χ4v) is 3.75. The van der Waals surface area contributed by atoms with Gasteiger partial charge in [0.2, 0.25) is 5.91 Å². The largest absolute Gasteiger partial charge is 0.497 e. The molecule has 5 nitrogen and oxygen atoms in total. The van der Waals surface area contributed by atoms with Crippen molar-refractivity contribution in [1.29, 1.82) is 0 Å². The van der Waals surface area contributed by atoms with Crippen molar-refractivity contribution >= 4 is 35.0 Å². The molecule has 1 fully saturated rings. The van der Waals surface area contributed by atoms with E-state index in [9.17, 15) is 9.59 Å². The molecule has 3 rings (SSSR count). The molecule has 1 heterocycles. The van der Waals surface area contributed by atoms with Gasteiger partial charge in [-0.25, -0.2) is 0 Å². The summed E-state index contributed by atoms with van der Waals surface area (Å²) in [5, 5.41) is 3.76. The number of amides is 2. The second kappa shape index (κ2) is 9.99. The molecule has 2 aromatic rings. The maximum Gasteiger partial charge on any atom is 0.253 e. The Morgan fingerprint density at radius 2 is 1.90 bits per heavy atom.